The third-order valence-corrected chi connectivity index (χ3v) is 5.08. The van der Waals surface area contributed by atoms with E-state index >= 15 is 0 Å². The summed E-state index contributed by atoms with van der Waals surface area (Å²) in [4.78, 5) is 19.1. The van der Waals surface area contributed by atoms with Crippen molar-refractivity contribution < 1.29 is 9.53 Å². The lowest BCUT2D eigenvalue weighted by Crippen LogP contribution is -2.36. The van der Waals surface area contributed by atoms with Crippen LogP contribution in [0.3, 0.4) is 0 Å². The Morgan fingerprint density at radius 2 is 1.89 bits per heavy atom. The number of nitrogens with zero attached hydrogens (tertiary/aromatic N) is 2. The number of nitrogens with one attached hydrogen (secondary N) is 1. The summed E-state index contributed by atoms with van der Waals surface area (Å²) in [6, 6.07) is 18.0. The number of ether oxygens (including phenoxy) is 1. The van der Waals surface area contributed by atoms with Gasteiger partial charge in [0.2, 0.25) is 0 Å². The minimum absolute atomic E-state index is 0.0166. The molecule has 1 amide bonds. The van der Waals surface area contributed by atoms with Gasteiger partial charge in [0.05, 0.1) is 18.4 Å². The summed E-state index contributed by atoms with van der Waals surface area (Å²) >= 11 is 0. The van der Waals surface area contributed by atoms with Crippen LogP contribution in [0.5, 0.6) is 5.75 Å². The van der Waals surface area contributed by atoms with Crippen molar-refractivity contribution >= 4 is 11.6 Å². The summed E-state index contributed by atoms with van der Waals surface area (Å²) in [5.41, 5.74) is 5.02. The number of carbonyl (C=O) groups excluding carboxylic acids is 1. The Morgan fingerprint density at radius 1 is 1.11 bits per heavy atom. The fourth-order valence-corrected chi connectivity index (χ4v) is 3.55. The molecule has 142 valence electrons. The predicted octanol–water partition coefficient (Wildman–Crippen LogP) is 3.90. The van der Waals surface area contributed by atoms with Crippen LogP contribution >= 0.6 is 0 Å². The van der Waals surface area contributed by atoms with Gasteiger partial charge in [0.15, 0.2) is 0 Å². The van der Waals surface area contributed by atoms with Gasteiger partial charge in [-0.2, -0.15) is 0 Å². The van der Waals surface area contributed by atoms with Crippen LogP contribution in [-0.2, 0) is 19.5 Å². The minimum Gasteiger partial charge on any atom is -0.496 e. The summed E-state index contributed by atoms with van der Waals surface area (Å²) in [5, 5.41) is 3.34. The number of methoxy groups -OCH3 is 1. The molecule has 0 bridgehead atoms. The number of rotatable bonds is 5. The van der Waals surface area contributed by atoms with Gasteiger partial charge in [-0.05, 0) is 29.7 Å². The topological polar surface area (TPSA) is 54.5 Å². The fraction of sp³-hybridized carbons (Fsp3) is 0.217. The van der Waals surface area contributed by atoms with Crippen molar-refractivity contribution in [3.63, 3.8) is 0 Å². The van der Waals surface area contributed by atoms with E-state index < -0.39 is 0 Å². The van der Waals surface area contributed by atoms with Crippen LogP contribution in [0.2, 0.25) is 0 Å². The molecule has 4 rings (SSSR count). The van der Waals surface area contributed by atoms with Crippen molar-refractivity contribution in [2.24, 2.45) is 0 Å². The van der Waals surface area contributed by atoms with Crippen molar-refractivity contribution in [3.8, 4) is 5.75 Å². The predicted molar refractivity (Wildman–Crippen MR) is 109 cm³/mol. The van der Waals surface area contributed by atoms with Crippen molar-refractivity contribution in [2.45, 2.75) is 19.5 Å². The molecular formula is C23H23N3O2. The van der Waals surface area contributed by atoms with E-state index in [1.165, 1.54) is 11.1 Å². The summed E-state index contributed by atoms with van der Waals surface area (Å²) in [5.74, 6) is 0.852. The number of fused-ring (bicyclic) bond motifs is 1. The first-order chi connectivity index (χ1) is 13.7. The Kier molecular flexibility index (Phi) is 5.24. The standard InChI is InChI=1S/C23H23N3O2/c1-28-22-9-5-4-7-18(22)14-25-21-12-20(13-24-15-21)23(27)26-11-10-17-6-2-3-8-19(17)16-26/h2-9,12-13,15,25H,10-11,14,16H2,1H3. The highest BCUT2D eigenvalue weighted by Crippen LogP contribution is 2.22. The van der Waals surface area contributed by atoms with Crippen LogP contribution in [0.4, 0.5) is 5.69 Å². The second kappa shape index (κ2) is 8.13. The molecule has 2 aromatic carbocycles. The van der Waals surface area contributed by atoms with Crippen molar-refractivity contribution in [1.82, 2.24) is 9.88 Å². The Labute approximate surface area is 165 Å². The first-order valence-corrected chi connectivity index (χ1v) is 9.41. The average molecular weight is 373 g/mol. The molecule has 1 aliphatic rings. The molecule has 1 N–H and O–H groups in total. The molecule has 3 aromatic rings. The smallest absolute Gasteiger partial charge is 0.255 e. The number of hydrogen-bond donors (Lipinski definition) is 1. The molecule has 0 atom stereocenters. The SMILES string of the molecule is COc1ccccc1CNc1cncc(C(=O)N2CCc3ccccc3C2)c1. The van der Waals surface area contributed by atoms with Crippen LogP contribution in [0.25, 0.3) is 0 Å². The molecular weight excluding hydrogens is 350 g/mol. The Morgan fingerprint density at radius 3 is 2.75 bits per heavy atom. The number of benzene rings is 2. The first kappa shape index (κ1) is 18.0. The largest absolute Gasteiger partial charge is 0.496 e. The van der Waals surface area contributed by atoms with Crippen LogP contribution in [0.1, 0.15) is 27.0 Å². The molecule has 0 saturated heterocycles. The zero-order chi connectivity index (χ0) is 19.3. The molecule has 5 heteroatoms. The summed E-state index contributed by atoms with van der Waals surface area (Å²) in [6.45, 7) is 1.98. The highest BCUT2D eigenvalue weighted by Gasteiger charge is 2.21. The minimum atomic E-state index is 0.0166. The second-order valence-corrected chi connectivity index (χ2v) is 6.87. The maximum atomic E-state index is 13.0. The zero-order valence-corrected chi connectivity index (χ0v) is 15.9. The van der Waals surface area contributed by atoms with Gasteiger partial charge in [-0.25, -0.2) is 0 Å². The van der Waals surface area contributed by atoms with E-state index in [1.54, 1.807) is 19.5 Å². The van der Waals surface area contributed by atoms with Gasteiger partial charge >= 0.3 is 0 Å². The third-order valence-electron chi connectivity index (χ3n) is 5.08. The monoisotopic (exact) mass is 373 g/mol. The van der Waals surface area contributed by atoms with Gasteiger partial charge in [0.1, 0.15) is 5.75 Å². The van der Waals surface area contributed by atoms with Gasteiger partial charge < -0.3 is 15.0 Å². The first-order valence-electron chi connectivity index (χ1n) is 9.41. The Balaban J connectivity index is 1.46. The maximum absolute atomic E-state index is 13.0. The van der Waals surface area contributed by atoms with Crippen LogP contribution in [0.15, 0.2) is 67.0 Å². The van der Waals surface area contributed by atoms with E-state index in [2.05, 4.69) is 28.5 Å². The highest BCUT2D eigenvalue weighted by atomic mass is 16.5. The van der Waals surface area contributed by atoms with Gasteiger partial charge in [0, 0.05) is 37.6 Å². The number of para-hydroxylation sites is 1. The summed E-state index contributed by atoms with van der Waals surface area (Å²) < 4.78 is 5.39. The summed E-state index contributed by atoms with van der Waals surface area (Å²) in [7, 11) is 1.66. The van der Waals surface area contributed by atoms with Gasteiger partial charge in [-0.15, -0.1) is 0 Å². The molecule has 5 nitrogen and oxygen atoms in total. The van der Waals surface area contributed by atoms with Gasteiger partial charge in [0.25, 0.3) is 5.91 Å². The molecule has 1 aliphatic heterocycles. The molecule has 1 aromatic heterocycles. The number of anilines is 1. The number of hydrogen-bond acceptors (Lipinski definition) is 4. The lowest BCUT2D eigenvalue weighted by molar-refractivity contribution is 0.0734. The molecule has 0 unspecified atom stereocenters. The fourth-order valence-electron chi connectivity index (χ4n) is 3.55. The Hall–Kier alpha value is -3.34. The second-order valence-electron chi connectivity index (χ2n) is 6.87. The van der Waals surface area contributed by atoms with E-state index in [0.717, 1.165) is 30.0 Å². The average Bonchev–Trinajstić information content (AvgIpc) is 2.77. The number of carbonyl (C=O) groups is 1. The quantitative estimate of drug-likeness (QED) is 0.737. The van der Waals surface area contributed by atoms with Gasteiger partial charge in [-0.1, -0.05) is 42.5 Å². The molecule has 0 aliphatic carbocycles. The van der Waals surface area contributed by atoms with Crippen molar-refractivity contribution in [2.75, 3.05) is 19.0 Å². The summed E-state index contributed by atoms with van der Waals surface area (Å²) in [6.07, 6.45) is 4.26. The highest BCUT2D eigenvalue weighted by molar-refractivity contribution is 5.94. The third kappa shape index (κ3) is 3.83. The van der Waals surface area contributed by atoms with E-state index in [-0.39, 0.29) is 5.91 Å². The van der Waals surface area contributed by atoms with Crippen LogP contribution in [0, 0.1) is 0 Å². The molecule has 0 fully saturated rings. The van der Waals surface area contributed by atoms with E-state index in [0.29, 0.717) is 18.7 Å². The van der Waals surface area contributed by atoms with E-state index in [9.17, 15) is 4.79 Å². The molecule has 0 saturated carbocycles. The zero-order valence-electron chi connectivity index (χ0n) is 15.9. The lowest BCUT2D eigenvalue weighted by atomic mass is 9.99. The normalized spacial score (nSPS) is 13.0. The molecule has 28 heavy (non-hydrogen) atoms. The van der Waals surface area contributed by atoms with Crippen LogP contribution in [-0.4, -0.2) is 29.4 Å². The van der Waals surface area contributed by atoms with E-state index in [4.69, 9.17) is 4.74 Å². The van der Waals surface area contributed by atoms with Crippen molar-refractivity contribution in [3.05, 3.63) is 89.2 Å². The van der Waals surface area contributed by atoms with Gasteiger partial charge in [-0.3, -0.25) is 9.78 Å². The number of aromatic nitrogens is 1. The van der Waals surface area contributed by atoms with E-state index in [1.807, 2.05) is 41.3 Å². The maximum Gasteiger partial charge on any atom is 0.255 e. The lowest BCUT2D eigenvalue weighted by Gasteiger charge is -2.29. The molecule has 0 spiro atoms. The Bertz CT molecular complexity index is 987. The molecule has 0 radical (unpaired) electrons. The number of amides is 1. The number of pyridine rings is 1. The van der Waals surface area contributed by atoms with Crippen LogP contribution < -0.4 is 10.1 Å². The molecule has 2 heterocycles. The van der Waals surface area contributed by atoms with Crippen molar-refractivity contribution in [1.29, 1.82) is 0 Å².